The van der Waals surface area contributed by atoms with Gasteiger partial charge in [-0.15, -0.1) is 5.06 Å². The molecule has 9 heteroatoms. The lowest BCUT2D eigenvalue weighted by Gasteiger charge is -2.25. The van der Waals surface area contributed by atoms with Gasteiger partial charge in [-0.3, -0.25) is 14.4 Å². The van der Waals surface area contributed by atoms with Crippen LogP contribution in [0.4, 0.5) is 0 Å². The number of aryl methyl sites for hydroxylation is 1. The summed E-state index contributed by atoms with van der Waals surface area (Å²) >= 11 is 0. The van der Waals surface area contributed by atoms with Gasteiger partial charge in [0.2, 0.25) is 0 Å². The minimum Gasteiger partial charge on any atom is -0.488 e. The number of hydrogen-bond donors (Lipinski definition) is 0. The third-order valence-corrected chi connectivity index (χ3v) is 8.03. The van der Waals surface area contributed by atoms with E-state index < -0.39 is 24.6 Å². The van der Waals surface area contributed by atoms with Gasteiger partial charge >= 0.3 is 11.9 Å². The number of rotatable bonds is 8. The Labute approximate surface area is 243 Å². The second-order valence-electron chi connectivity index (χ2n) is 10.9. The van der Waals surface area contributed by atoms with Gasteiger partial charge in [-0.2, -0.15) is 0 Å². The zero-order valence-corrected chi connectivity index (χ0v) is 23.3. The molecule has 2 atom stereocenters. The molecule has 0 radical (unpaired) electrons. The first-order valence-corrected chi connectivity index (χ1v) is 14.1. The molecule has 3 aromatic carbocycles. The molecule has 42 heavy (non-hydrogen) atoms. The van der Waals surface area contributed by atoms with Crippen molar-refractivity contribution in [1.82, 2.24) is 5.06 Å². The van der Waals surface area contributed by atoms with Gasteiger partial charge in [0.15, 0.2) is 18.2 Å². The number of fused-ring (bicyclic) bond motifs is 4. The molecule has 9 nitrogen and oxygen atoms in total. The predicted octanol–water partition coefficient (Wildman–Crippen LogP) is 4.60. The third-order valence-electron chi connectivity index (χ3n) is 8.03. The van der Waals surface area contributed by atoms with Crippen LogP contribution in [-0.4, -0.2) is 61.5 Å². The number of esters is 1. The molecular formula is C33H31NO8. The predicted molar refractivity (Wildman–Crippen MR) is 151 cm³/mol. The lowest BCUT2D eigenvalue weighted by Crippen LogP contribution is -2.39. The van der Waals surface area contributed by atoms with Crippen molar-refractivity contribution in [3.8, 4) is 16.9 Å². The van der Waals surface area contributed by atoms with Crippen LogP contribution < -0.4 is 4.74 Å². The molecule has 0 N–H and O–H groups in total. The van der Waals surface area contributed by atoms with E-state index in [1.54, 1.807) is 49.6 Å². The number of hydrogen-bond acceptors (Lipinski definition) is 9. The monoisotopic (exact) mass is 569 g/mol. The lowest BCUT2D eigenvalue weighted by atomic mass is 9.86. The van der Waals surface area contributed by atoms with Crippen LogP contribution in [0.25, 0.3) is 11.1 Å². The van der Waals surface area contributed by atoms with Gasteiger partial charge in [-0.05, 0) is 66.3 Å². The summed E-state index contributed by atoms with van der Waals surface area (Å²) < 4.78 is 16.6. The van der Waals surface area contributed by atoms with Gasteiger partial charge in [-0.25, -0.2) is 4.79 Å². The Bertz CT molecular complexity index is 1550. The highest BCUT2D eigenvalue weighted by atomic mass is 16.7. The summed E-state index contributed by atoms with van der Waals surface area (Å²) in [5, 5.41) is 1.33. The van der Waals surface area contributed by atoms with Crippen molar-refractivity contribution >= 4 is 23.5 Å². The number of methoxy groups -OCH3 is 1. The van der Waals surface area contributed by atoms with E-state index in [1.807, 2.05) is 18.2 Å². The Kier molecular flexibility index (Phi) is 7.86. The number of hydroxylamine groups is 2. The van der Waals surface area contributed by atoms with Crippen molar-refractivity contribution in [3.63, 3.8) is 0 Å². The number of benzene rings is 3. The minimum atomic E-state index is -0.850. The summed E-state index contributed by atoms with van der Waals surface area (Å²) in [6.45, 7) is 0.517. The summed E-state index contributed by atoms with van der Waals surface area (Å²) in [6, 6.07) is 16.9. The fraction of sp³-hybridized carbons (Fsp3) is 0.333. The van der Waals surface area contributed by atoms with E-state index >= 15 is 0 Å². The lowest BCUT2D eigenvalue weighted by molar-refractivity contribution is -0.167. The van der Waals surface area contributed by atoms with E-state index in [0.717, 1.165) is 40.7 Å². The van der Waals surface area contributed by atoms with E-state index in [4.69, 9.17) is 19.0 Å². The molecule has 1 saturated heterocycles. The fourth-order valence-electron chi connectivity index (χ4n) is 5.91. The van der Waals surface area contributed by atoms with E-state index in [-0.39, 0.29) is 24.1 Å². The molecule has 0 aromatic heterocycles. The Morgan fingerprint density at radius 1 is 0.929 bits per heavy atom. The molecule has 0 bridgehead atoms. The molecule has 6 rings (SSSR count). The van der Waals surface area contributed by atoms with E-state index in [9.17, 15) is 19.2 Å². The van der Waals surface area contributed by atoms with E-state index in [0.29, 0.717) is 42.9 Å². The Hall–Kier alpha value is -4.34. The zero-order chi connectivity index (χ0) is 29.2. The van der Waals surface area contributed by atoms with Crippen LogP contribution in [0.5, 0.6) is 5.75 Å². The minimum absolute atomic E-state index is 0.0425. The fourth-order valence-corrected chi connectivity index (χ4v) is 5.91. The van der Waals surface area contributed by atoms with Crippen molar-refractivity contribution in [2.45, 2.75) is 38.3 Å². The quantitative estimate of drug-likeness (QED) is 0.284. The van der Waals surface area contributed by atoms with Gasteiger partial charge < -0.3 is 19.0 Å². The molecule has 0 unspecified atom stereocenters. The first kappa shape index (κ1) is 27.8. The Balaban J connectivity index is 1.12. The first-order valence-electron chi connectivity index (χ1n) is 14.1. The molecular weight excluding hydrogens is 538 g/mol. The highest BCUT2D eigenvalue weighted by molar-refractivity contribution is 6.01. The largest absolute Gasteiger partial charge is 0.488 e. The zero-order valence-electron chi connectivity index (χ0n) is 23.3. The number of ether oxygens (including phenoxy) is 3. The Morgan fingerprint density at radius 3 is 2.57 bits per heavy atom. The van der Waals surface area contributed by atoms with Crippen molar-refractivity contribution in [1.29, 1.82) is 0 Å². The van der Waals surface area contributed by atoms with Crippen LogP contribution in [-0.2, 0) is 32.1 Å². The summed E-state index contributed by atoms with van der Waals surface area (Å²) in [7, 11) is 1.57. The molecule has 3 aromatic rings. The van der Waals surface area contributed by atoms with Crippen molar-refractivity contribution < 1.29 is 38.2 Å². The standard InChI is InChI=1S/C33H31NO8/c1-39-17-20-12-28(34(16-20)42-32(37)21-6-3-2-4-7-21)33(38)41-19-30(36)23-10-11-25-24(13-23)18-40-31-15-26-22(14-27(25)31)8-5-9-29(26)35/h2-4,6-7,10-11,13-15,20,28H,5,8-9,12,16-19H2,1H3/t20-,28-/m1/s1. The van der Waals surface area contributed by atoms with Gasteiger partial charge in [-0.1, -0.05) is 30.3 Å². The maximum Gasteiger partial charge on any atom is 0.357 e. The van der Waals surface area contributed by atoms with E-state index in [1.165, 1.54) is 5.06 Å². The smallest absolute Gasteiger partial charge is 0.357 e. The van der Waals surface area contributed by atoms with Crippen molar-refractivity contribution in [3.05, 3.63) is 88.5 Å². The highest BCUT2D eigenvalue weighted by Crippen LogP contribution is 2.41. The van der Waals surface area contributed by atoms with E-state index in [2.05, 4.69) is 0 Å². The number of ketones is 2. The van der Waals surface area contributed by atoms with Crippen LogP contribution in [0, 0.1) is 5.92 Å². The normalized spacial score (nSPS) is 19.2. The van der Waals surface area contributed by atoms with Crippen LogP contribution in [0.1, 0.15) is 61.5 Å². The van der Waals surface area contributed by atoms with Crippen LogP contribution in [0.3, 0.4) is 0 Å². The highest BCUT2D eigenvalue weighted by Gasteiger charge is 2.41. The molecule has 1 aliphatic carbocycles. The molecule has 1 fully saturated rings. The molecule has 3 aliphatic rings. The summed E-state index contributed by atoms with van der Waals surface area (Å²) in [6.07, 6.45) is 2.62. The van der Waals surface area contributed by atoms with Crippen LogP contribution in [0.2, 0.25) is 0 Å². The molecule has 0 spiro atoms. The number of nitrogens with zero attached hydrogens (tertiary/aromatic N) is 1. The maximum atomic E-state index is 13.1. The van der Waals surface area contributed by atoms with Crippen LogP contribution in [0.15, 0.2) is 60.7 Å². The molecule has 0 amide bonds. The number of carbonyl (C=O) groups is 4. The van der Waals surface area contributed by atoms with Crippen molar-refractivity contribution in [2.75, 3.05) is 26.9 Å². The van der Waals surface area contributed by atoms with Gasteiger partial charge in [0.05, 0.1) is 12.2 Å². The average molecular weight is 570 g/mol. The van der Waals surface area contributed by atoms with Gasteiger partial charge in [0, 0.05) is 42.7 Å². The topological polar surface area (TPSA) is 108 Å². The second kappa shape index (κ2) is 11.9. The molecule has 216 valence electrons. The second-order valence-corrected chi connectivity index (χ2v) is 10.9. The van der Waals surface area contributed by atoms with Crippen molar-refractivity contribution in [2.24, 2.45) is 5.92 Å². The molecule has 0 saturated carbocycles. The number of Topliss-reactive ketones (excluding diaryl/α,β-unsaturated/α-hetero) is 2. The first-order chi connectivity index (χ1) is 20.4. The summed E-state index contributed by atoms with van der Waals surface area (Å²) in [5.74, 6) is -0.796. The Morgan fingerprint density at radius 2 is 1.76 bits per heavy atom. The number of carbonyl (C=O) groups excluding carboxylic acids is 4. The summed E-state index contributed by atoms with van der Waals surface area (Å²) in [4.78, 5) is 56.7. The van der Waals surface area contributed by atoms with Crippen LogP contribution >= 0.6 is 0 Å². The molecule has 2 aliphatic heterocycles. The van der Waals surface area contributed by atoms with Gasteiger partial charge in [0.1, 0.15) is 18.4 Å². The average Bonchev–Trinajstić information content (AvgIpc) is 3.41. The summed E-state index contributed by atoms with van der Waals surface area (Å²) in [5.41, 5.74) is 5.24. The molecule has 2 heterocycles. The van der Waals surface area contributed by atoms with Gasteiger partial charge in [0.25, 0.3) is 0 Å². The third kappa shape index (κ3) is 5.57. The SMILES string of the molecule is COC[C@@H]1C[C@H](C(=O)OCC(=O)c2ccc3c(c2)COc2cc4c(cc2-3)CCCC4=O)N(OC(=O)c2ccccc2)C1. The maximum absolute atomic E-state index is 13.1.